The van der Waals surface area contributed by atoms with E-state index in [2.05, 4.69) is 58.9 Å². The van der Waals surface area contributed by atoms with Crippen molar-refractivity contribution in [1.82, 2.24) is 13.8 Å². The highest BCUT2D eigenvalue weighted by Crippen LogP contribution is 2.32. The predicted octanol–water partition coefficient (Wildman–Crippen LogP) is 4.34. The summed E-state index contributed by atoms with van der Waals surface area (Å²) in [6.45, 7) is 6.17. The first-order chi connectivity index (χ1) is 17.0. The Balaban J connectivity index is 1.31. The van der Waals surface area contributed by atoms with E-state index in [-0.39, 0.29) is 4.90 Å². The summed E-state index contributed by atoms with van der Waals surface area (Å²) in [5.74, 6) is 0.919. The molecule has 0 radical (unpaired) electrons. The third-order valence-electron chi connectivity index (χ3n) is 6.88. The van der Waals surface area contributed by atoms with Gasteiger partial charge >= 0.3 is 0 Å². The number of nitrogens with zero attached hydrogens (tertiary/aromatic N) is 3. The predicted molar refractivity (Wildman–Crippen MR) is 139 cm³/mol. The first-order valence-corrected chi connectivity index (χ1v) is 13.3. The maximum atomic E-state index is 13.2. The van der Waals surface area contributed by atoms with Crippen LogP contribution in [0, 0.1) is 0 Å². The zero-order chi connectivity index (χ0) is 24.6. The fourth-order valence-electron chi connectivity index (χ4n) is 5.05. The Morgan fingerprint density at radius 2 is 1.51 bits per heavy atom. The molecule has 1 aliphatic heterocycles. The molecule has 0 saturated carbocycles. The number of methoxy groups -OCH3 is 2. The molecule has 0 bridgehead atoms. The lowest BCUT2D eigenvalue weighted by Gasteiger charge is -2.34. The molecule has 1 saturated heterocycles. The van der Waals surface area contributed by atoms with Crippen LogP contribution in [-0.2, 0) is 23.1 Å². The normalized spacial score (nSPS) is 15.6. The van der Waals surface area contributed by atoms with Gasteiger partial charge in [-0.25, -0.2) is 8.42 Å². The highest BCUT2D eigenvalue weighted by atomic mass is 32.2. The number of para-hydroxylation sites is 1. The molecule has 35 heavy (non-hydrogen) atoms. The van der Waals surface area contributed by atoms with Gasteiger partial charge in [0.05, 0.1) is 19.1 Å². The van der Waals surface area contributed by atoms with Crippen LogP contribution in [0.15, 0.2) is 65.6 Å². The van der Waals surface area contributed by atoms with Crippen LogP contribution < -0.4 is 9.47 Å². The van der Waals surface area contributed by atoms with Gasteiger partial charge in [-0.3, -0.25) is 4.90 Å². The molecule has 8 heteroatoms. The van der Waals surface area contributed by atoms with Crippen molar-refractivity contribution in [2.24, 2.45) is 0 Å². The topological polar surface area (TPSA) is 64.0 Å². The van der Waals surface area contributed by atoms with E-state index in [1.807, 2.05) is 0 Å². The molecule has 0 amide bonds. The molecular formula is C27H31N3O4S. The molecule has 1 aromatic heterocycles. The minimum atomic E-state index is -3.60. The van der Waals surface area contributed by atoms with Crippen LogP contribution in [-0.4, -0.2) is 62.6 Å². The molecular weight excluding hydrogens is 462 g/mol. The van der Waals surface area contributed by atoms with Gasteiger partial charge in [-0.15, -0.1) is 0 Å². The van der Waals surface area contributed by atoms with Gasteiger partial charge in [0.1, 0.15) is 0 Å². The molecule has 4 aromatic rings. The lowest BCUT2D eigenvalue weighted by Crippen LogP contribution is -2.48. The quantitative estimate of drug-likeness (QED) is 0.383. The average molecular weight is 494 g/mol. The van der Waals surface area contributed by atoms with Crippen molar-refractivity contribution in [1.29, 1.82) is 0 Å². The van der Waals surface area contributed by atoms with Gasteiger partial charge in [-0.1, -0.05) is 24.3 Å². The molecule has 0 unspecified atom stereocenters. The fraction of sp³-hybridized carbons (Fsp3) is 0.333. The minimum absolute atomic E-state index is 0.223. The van der Waals surface area contributed by atoms with Crippen LogP contribution in [0.2, 0.25) is 0 Å². The lowest BCUT2D eigenvalue weighted by molar-refractivity contribution is 0.181. The van der Waals surface area contributed by atoms with Crippen molar-refractivity contribution in [2.45, 2.75) is 24.9 Å². The van der Waals surface area contributed by atoms with Crippen molar-refractivity contribution in [3.8, 4) is 11.5 Å². The third kappa shape index (κ3) is 4.26. The first kappa shape index (κ1) is 23.7. The van der Waals surface area contributed by atoms with Crippen LogP contribution in [0.25, 0.3) is 21.8 Å². The number of benzene rings is 3. The zero-order valence-corrected chi connectivity index (χ0v) is 21.2. The molecule has 1 fully saturated rings. The van der Waals surface area contributed by atoms with Gasteiger partial charge in [-0.2, -0.15) is 4.31 Å². The molecule has 2 heterocycles. The second-order valence-corrected chi connectivity index (χ2v) is 10.7. The first-order valence-electron chi connectivity index (χ1n) is 11.9. The highest BCUT2D eigenvalue weighted by Gasteiger charge is 2.29. The Hall–Kier alpha value is -3.07. The van der Waals surface area contributed by atoms with Crippen molar-refractivity contribution >= 4 is 31.8 Å². The lowest BCUT2D eigenvalue weighted by atomic mass is 10.1. The van der Waals surface area contributed by atoms with Gasteiger partial charge in [0, 0.05) is 67.1 Å². The number of piperazine rings is 1. The maximum absolute atomic E-state index is 13.2. The van der Waals surface area contributed by atoms with E-state index in [0.717, 1.165) is 13.1 Å². The highest BCUT2D eigenvalue weighted by molar-refractivity contribution is 7.89. The second kappa shape index (κ2) is 9.53. The van der Waals surface area contributed by atoms with E-state index in [4.69, 9.17) is 9.47 Å². The van der Waals surface area contributed by atoms with Crippen LogP contribution >= 0.6 is 0 Å². The Bertz CT molecular complexity index is 1470. The van der Waals surface area contributed by atoms with Crippen molar-refractivity contribution in [2.75, 3.05) is 40.4 Å². The summed E-state index contributed by atoms with van der Waals surface area (Å²) in [4.78, 5) is 2.54. The Labute approximate surface area is 206 Å². The van der Waals surface area contributed by atoms with E-state index in [1.165, 1.54) is 47.7 Å². The summed E-state index contributed by atoms with van der Waals surface area (Å²) in [5.41, 5.74) is 3.76. The van der Waals surface area contributed by atoms with Crippen LogP contribution in [0.1, 0.15) is 12.5 Å². The molecule has 0 N–H and O–H groups in total. The SMILES string of the molecule is CCn1c2ccccc2c2cc(CN3CCN(S(=O)(=O)c4ccc(OC)c(OC)c4)CC3)ccc21. The van der Waals surface area contributed by atoms with Crippen LogP contribution in [0.4, 0.5) is 0 Å². The molecule has 0 atom stereocenters. The number of rotatable bonds is 7. The van der Waals surface area contributed by atoms with Crippen molar-refractivity contribution in [3.63, 3.8) is 0 Å². The minimum Gasteiger partial charge on any atom is -0.493 e. The molecule has 3 aromatic carbocycles. The van der Waals surface area contributed by atoms with E-state index in [0.29, 0.717) is 37.7 Å². The average Bonchev–Trinajstić information content (AvgIpc) is 3.21. The molecule has 0 spiro atoms. The summed E-state index contributed by atoms with van der Waals surface area (Å²) < 4.78 is 40.9. The summed E-state index contributed by atoms with van der Waals surface area (Å²) in [7, 11) is -0.564. The third-order valence-corrected chi connectivity index (χ3v) is 8.78. The van der Waals surface area contributed by atoms with E-state index >= 15 is 0 Å². The summed E-state index contributed by atoms with van der Waals surface area (Å²) in [6.07, 6.45) is 0. The molecule has 0 aliphatic carbocycles. The second-order valence-electron chi connectivity index (χ2n) is 8.81. The molecule has 5 rings (SSSR count). The largest absolute Gasteiger partial charge is 0.493 e. The van der Waals surface area contributed by atoms with Gasteiger partial charge in [-0.05, 0) is 42.8 Å². The molecule has 184 valence electrons. The van der Waals surface area contributed by atoms with Crippen molar-refractivity contribution < 1.29 is 17.9 Å². The van der Waals surface area contributed by atoms with E-state index in [9.17, 15) is 8.42 Å². The van der Waals surface area contributed by atoms with E-state index < -0.39 is 10.0 Å². The maximum Gasteiger partial charge on any atom is 0.243 e. The molecule has 1 aliphatic rings. The number of aryl methyl sites for hydroxylation is 1. The summed E-state index contributed by atoms with van der Waals surface area (Å²) >= 11 is 0. The Morgan fingerprint density at radius 1 is 0.800 bits per heavy atom. The van der Waals surface area contributed by atoms with Crippen LogP contribution in [0.5, 0.6) is 11.5 Å². The number of aromatic nitrogens is 1. The number of sulfonamides is 1. The standard InChI is InChI=1S/C27H31N3O4S/c1-4-30-24-8-6-5-7-22(24)23-17-20(9-11-25(23)30)19-28-13-15-29(16-14-28)35(31,32)21-10-12-26(33-2)27(18-21)34-3/h5-12,17-18H,4,13-16,19H2,1-3H3. The van der Waals surface area contributed by atoms with Gasteiger partial charge in [0.2, 0.25) is 10.0 Å². The number of hydrogen-bond donors (Lipinski definition) is 0. The Kier molecular flexibility index (Phi) is 6.44. The monoisotopic (exact) mass is 493 g/mol. The Morgan fingerprint density at radius 3 is 2.23 bits per heavy atom. The van der Waals surface area contributed by atoms with Crippen molar-refractivity contribution in [3.05, 3.63) is 66.2 Å². The van der Waals surface area contributed by atoms with Gasteiger partial charge < -0.3 is 14.0 Å². The zero-order valence-electron chi connectivity index (χ0n) is 20.4. The number of ether oxygens (including phenoxy) is 2. The molecule has 7 nitrogen and oxygen atoms in total. The van der Waals surface area contributed by atoms with Crippen LogP contribution in [0.3, 0.4) is 0 Å². The van der Waals surface area contributed by atoms with Gasteiger partial charge in [0.25, 0.3) is 0 Å². The number of fused-ring (bicyclic) bond motifs is 3. The fourth-order valence-corrected chi connectivity index (χ4v) is 6.49. The smallest absolute Gasteiger partial charge is 0.243 e. The summed E-state index contributed by atoms with van der Waals surface area (Å²) in [5, 5.41) is 2.55. The summed E-state index contributed by atoms with van der Waals surface area (Å²) in [6, 6.07) is 20.0. The van der Waals surface area contributed by atoms with E-state index in [1.54, 1.807) is 16.4 Å². The number of hydrogen-bond acceptors (Lipinski definition) is 5. The van der Waals surface area contributed by atoms with Gasteiger partial charge in [0.15, 0.2) is 11.5 Å².